The zero-order chi connectivity index (χ0) is 12.9. The molecule has 0 aliphatic heterocycles. The highest BCUT2D eigenvalue weighted by Crippen LogP contribution is 2.14. The van der Waals surface area contributed by atoms with Gasteiger partial charge in [-0.3, -0.25) is 0 Å². The van der Waals surface area contributed by atoms with Gasteiger partial charge in [0.25, 0.3) is 0 Å². The van der Waals surface area contributed by atoms with Gasteiger partial charge in [0.15, 0.2) is 0 Å². The molecular formula is C14H22FNO. The van der Waals surface area contributed by atoms with Crippen molar-refractivity contribution in [2.24, 2.45) is 0 Å². The Kier molecular flexibility index (Phi) is 5.09. The van der Waals surface area contributed by atoms with Crippen molar-refractivity contribution in [2.75, 3.05) is 6.54 Å². The molecule has 1 rings (SSSR count). The second-order valence-electron chi connectivity index (χ2n) is 4.61. The van der Waals surface area contributed by atoms with Crippen LogP contribution in [-0.2, 0) is 6.54 Å². The van der Waals surface area contributed by atoms with Crippen molar-refractivity contribution in [2.45, 2.75) is 45.8 Å². The minimum absolute atomic E-state index is 0.214. The molecule has 0 fully saturated rings. The van der Waals surface area contributed by atoms with Crippen LogP contribution in [0.5, 0.6) is 0 Å². The highest BCUT2D eigenvalue weighted by molar-refractivity contribution is 5.26. The molecule has 2 N–H and O–H groups in total. The maximum atomic E-state index is 13.1. The highest BCUT2D eigenvalue weighted by Gasteiger charge is 2.21. The van der Waals surface area contributed by atoms with Crippen molar-refractivity contribution in [1.82, 2.24) is 5.32 Å². The Morgan fingerprint density at radius 3 is 2.53 bits per heavy atom. The summed E-state index contributed by atoms with van der Waals surface area (Å²) < 4.78 is 13.1. The summed E-state index contributed by atoms with van der Waals surface area (Å²) in [5.41, 5.74) is 1.36. The molecule has 0 heterocycles. The summed E-state index contributed by atoms with van der Waals surface area (Å²) in [5, 5.41) is 13.3. The van der Waals surface area contributed by atoms with E-state index in [9.17, 15) is 9.50 Å². The lowest BCUT2D eigenvalue weighted by Gasteiger charge is -2.25. The summed E-state index contributed by atoms with van der Waals surface area (Å²) >= 11 is 0. The van der Waals surface area contributed by atoms with E-state index in [2.05, 4.69) is 5.32 Å². The first kappa shape index (κ1) is 14.1. The Labute approximate surface area is 103 Å². The van der Waals surface area contributed by atoms with Gasteiger partial charge in [0, 0.05) is 13.1 Å². The molecule has 0 radical (unpaired) electrons. The van der Waals surface area contributed by atoms with E-state index in [0.717, 1.165) is 24.0 Å². The number of halogens is 1. The van der Waals surface area contributed by atoms with Gasteiger partial charge >= 0.3 is 0 Å². The summed E-state index contributed by atoms with van der Waals surface area (Å²) in [5.74, 6) is -0.214. The highest BCUT2D eigenvalue weighted by atomic mass is 19.1. The Morgan fingerprint density at radius 2 is 1.94 bits per heavy atom. The molecule has 96 valence electrons. The van der Waals surface area contributed by atoms with Crippen molar-refractivity contribution in [3.8, 4) is 0 Å². The van der Waals surface area contributed by atoms with Gasteiger partial charge in [-0.1, -0.05) is 19.9 Å². The molecule has 0 aliphatic rings. The van der Waals surface area contributed by atoms with E-state index in [1.165, 1.54) is 6.07 Å². The average molecular weight is 239 g/mol. The van der Waals surface area contributed by atoms with Crippen LogP contribution in [0.15, 0.2) is 18.2 Å². The van der Waals surface area contributed by atoms with E-state index in [1.807, 2.05) is 20.8 Å². The third-order valence-corrected chi connectivity index (χ3v) is 3.40. The lowest BCUT2D eigenvalue weighted by atomic mass is 9.97. The number of benzene rings is 1. The summed E-state index contributed by atoms with van der Waals surface area (Å²) in [6.07, 6.45) is 1.44. The van der Waals surface area contributed by atoms with Crippen LogP contribution in [0.25, 0.3) is 0 Å². The molecule has 0 amide bonds. The number of aryl methyl sites for hydroxylation is 1. The lowest BCUT2D eigenvalue weighted by molar-refractivity contribution is 0.0323. The van der Waals surface area contributed by atoms with Gasteiger partial charge in [-0.25, -0.2) is 4.39 Å². The molecule has 0 atom stereocenters. The second kappa shape index (κ2) is 6.12. The first-order valence-corrected chi connectivity index (χ1v) is 6.19. The molecule has 0 aromatic heterocycles. The first-order chi connectivity index (χ1) is 8.00. The minimum Gasteiger partial charge on any atom is -0.389 e. The van der Waals surface area contributed by atoms with Gasteiger partial charge in [0.1, 0.15) is 5.82 Å². The first-order valence-electron chi connectivity index (χ1n) is 6.19. The molecule has 3 heteroatoms. The predicted octanol–water partition coefficient (Wildman–Crippen LogP) is 2.77. The van der Waals surface area contributed by atoms with E-state index in [4.69, 9.17) is 0 Å². The summed E-state index contributed by atoms with van der Waals surface area (Å²) in [4.78, 5) is 0. The molecular weight excluding hydrogens is 217 g/mol. The molecule has 0 unspecified atom stereocenters. The maximum Gasteiger partial charge on any atom is 0.123 e. The Morgan fingerprint density at radius 1 is 1.29 bits per heavy atom. The van der Waals surface area contributed by atoms with Gasteiger partial charge in [-0.2, -0.15) is 0 Å². The van der Waals surface area contributed by atoms with Crippen molar-refractivity contribution >= 4 is 0 Å². The van der Waals surface area contributed by atoms with E-state index in [-0.39, 0.29) is 5.82 Å². The zero-order valence-corrected chi connectivity index (χ0v) is 10.9. The van der Waals surface area contributed by atoms with Crippen LogP contribution >= 0.6 is 0 Å². The smallest absolute Gasteiger partial charge is 0.123 e. The van der Waals surface area contributed by atoms with Gasteiger partial charge in [0.2, 0.25) is 0 Å². The standard InChI is InChI=1S/C14H22FNO/c1-4-14(17,5-2)10-16-9-12-8-13(15)7-6-11(12)3/h6-8,16-17H,4-5,9-10H2,1-3H3. The Balaban J connectivity index is 2.53. The Bertz CT molecular complexity index is 361. The fourth-order valence-corrected chi connectivity index (χ4v) is 1.76. The maximum absolute atomic E-state index is 13.1. The fraction of sp³-hybridized carbons (Fsp3) is 0.571. The molecule has 0 spiro atoms. The predicted molar refractivity (Wildman–Crippen MR) is 68.4 cm³/mol. The summed E-state index contributed by atoms with van der Waals surface area (Å²) in [6, 6.07) is 4.78. The molecule has 2 nitrogen and oxygen atoms in total. The number of aliphatic hydroxyl groups is 1. The zero-order valence-electron chi connectivity index (χ0n) is 10.9. The average Bonchev–Trinajstić information content (AvgIpc) is 2.33. The van der Waals surface area contributed by atoms with Gasteiger partial charge in [-0.15, -0.1) is 0 Å². The van der Waals surface area contributed by atoms with Crippen molar-refractivity contribution < 1.29 is 9.50 Å². The molecule has 0 saturated heterocycles. The van der Waals surface area contributed by atoms with Crippen molar-refractivity contribution in [1.29, 1.82) is 0 Å². The van der Waals surface area contributed by atoms with E-state index in [0.29, 0.717) is 13.1 Å². The minimum atomic E-state index is -0.652. The van der Waals surface area contributed by atoms with Crippen LogP contribution in [0.1, 0.15) is 37.8 Å². The topological polar surface area (TPSA) is 32.3 Å². The van der Waals surface area contributed by atoms with Crippen LogP contribution in [0.2, 0.25) is 0 Å². The van der Waals surface area contributed by atoms with Crippen LogP contribution in [-0.4, -0.2) is 17.3 Å². The van der Waals surface area contributed by atoms with Gasteiger partial charge < -0.3 is 10.4 Å². The second-order valence-corrected chi connectivity index (χ2v) is 4.61. The summed E-state index contributed by atoms with van der Waals surface area (Å²) in [6.45, 7) is 7.03. The SMILES string of the molecule is CCC(O)(CC)CNCc1cc(F)ccc1C. The molecule has 0 saturated carbocycles. The molecule has 17 heavy (non-hydrogen) atoms. The third kappa shape index (κ3) is 4.10. The Hall–Kier alpha value is -0.930. The molecule has 1 aromatic rings. The van der Waals surface area contributed by atoms with Crippen LogP contribution in [0.3, 0.4) is 0 Å². The quantitative estimate of drug-likeness (QED) is 0.800. The number of hydrogen-bond acceptors (Lipinski definition) is 2. The largest absolute Gasteiger partial charge is 0.389 e. The van der Waals surface area contributed by atoms with E-state index >= 15 is 0 Å². The number of rotatable bonds is 6. The van der Waals surface area contributed by atoms with Crippen molar-refractivity contribution in [3.63, 3.8) is 0 Å². The molecule has 1 aromatic carbocycles. The normalized spacial score (nSPS) is 11.8. The van der Waals surface area contributed by atoms with Crippen LogP contribution < -0.4 is 5.32 Å². The van der Waals surface area contributed by atoms with E-state index < -0.39 is 5.60 Å². The molecule has 0 bridgehead atoms. The fourth-order valence-electron chi connectivity index (χ4n) is 1.76. The third-order valence-electron chi connectivity index (χ3n) is 3.40. The monoisotopic (exact) mass is 239 g/mol. The van der Waals surface area contributed by atoms with Crippen molar-refractivity contribution in [3.05, 3.63) is 35.1 Å². The van der Waals surface area contributed by atoms with Crippen LogP contribution in [0, 0.1) is 12.7 Å². The lowest BCUT2D eigenvalue weighted by Crippen LogP contribution is -2.39. The van der Waals surface area contributed by atoms with Gasteiger partial charge in [0.05, 0.1) is 5.60 Å². The summed E-state index contributed by atoms with van der Waals surface area (Å²) in [7, 11) is 0. The van der Waals surface area contributed by atoms with E-state index in [1.54, 1.807) is 12.1 Å². The number of nitrogens with one attached hydrogen (secondary N) is 1. The van der Waals surface area contributed by atoms with Crippen LogP contribution in [0.4, 0.5) is 4.39 Å². The number of hydrogen-bond donors (Lipinski definition) is 2. The van der Waals surface area contributed by atoms with Gasteiger partial charge in [-0.05, 0) is 43.0 Å². The molecule has 0 aliphatic carbocycles.